The molecule has 0 radical (unpaired) electrons. The Labute approximate surface area is 125 Å². The molecule has 2 N–H and O–H groups in total. The Morgan fingerprint density at radius 1 is 1.10 bits per heavy atom. The quantitative estimate of drug-likeness (QED) is 0.792. The van der Waals surface area contributed by atoms with E-state index < -0.39 is 0 Å². The maximum absolute atomic E-state index is 5.90. The highest BCUT2D eigenvalue weighted by atomic mass is 15.1. The summed E-state index contributed by atoms with van der Waals surface area (Å²) < 4.78 is 2.29. The summed E-state index contributed by atoms with van der Waals surface area (Å²) in [5, 5.41) is 0. The van der Waals surface area contributed by atoms with Crippen LogP contribution in [0.3, 0.4) is 0 Å². The van der Waals surface area contributed by atoms with Gasteiger partial charge in [0.05, 0.1) is 11.0 Å². The number of para-hydroxylation sites is 2. The second-order valence-corrected chi connectivity index (χ2v) is 5.47. The molecule has 3 rings (SSSR count). The van der Waals surface area contributed by atoms with Crippen LogP contribution in [0.25, 0.3) is 11.0 Å². The summed E-state index contributed by atoms with van der Waals surface area (Å²) in [5.41, 5.74) is 10.6. The molecule has 0 amide bonds. The summed E-state index contributed by atoms with van der Waals surface area (Å²) in [6.07, 6.45) is 0.849. The normalized spacial score (nSPS) is 12.7. The molecule has 3 aromatic rings. The van der Waals surface area contributed by atoms with Crippen LogP contribution in [0.15, 0.2) is 48.5 Å². The summed E-state index contributed by atoms with van der Waals surface area (Å²) in [7, 11) is 0. The zero-order valence-electron chi connectivity index (χ0n) is 12.6. The van der Waals surface area contributed by atoms with Crippen molar-refractivity contribution in [1.29, 1.82) is 0 Å². The molecular formula is C18H21N3. The van der Waals surface area contributed by atoms with Gasteiger partial charge in [-0.1, -0.05) is 36.4 Å². The molecule has 21 heavy (non-hydrogen) atoms. The highest BCUT2D eigenvalue weighted by Crippen LogP contribution is 2.19. The first-order chi connectivity index (χ1) is 10.2. The number of imidazole rings is 1. The zero-order valence-corrected chi connectivity index (χ0v) is 12.6. The fraction of sp³-hybridized carbons (Fsp3) is 0.278. The minimum Gasteiger partial charge on any atom is -0.328 e. The first kappa shape index (κ1) is 13.8. The van der Waals surface area contributed by atoms with Crippen LogP contribution in [0.2, 0.25) is 0 Å². The first-order valence-corrected chi connectivity index (χ1v) is 7.47. The molecule has 1 heterocycles. The number of nitrogens with zero attached hydrogens (tertiary/aromatic N) is 2. The van der Waals surface area contributed by atoms with E-state index in [9.17, 15) is 0 Å². The summed E-state index contributed by atoms with van der Waals surface area (Å²) >= 11 is 0. The SMILES string of the molecule is CCn1c(Cc2ccc(C(C)N)cc2)nc2ccccc21. The standard InChI is InChI=1S/C18H21N3/c1-3-21-17-7-5-4-6-16(17)20-18(21)12-14-8-10-15(11-9-14)13(2)19/h4-11,13H,3,12,19H2,1-2H3. The predicted octanol–water partition coefficient (Wildman–Crippen LogP) is 3.67. The van der Waals surface area contributed by atoms with Gasteiger partial charge in [0, 0.05) is 19.0 Å². The topological polar surface area (TPSA) is 43.8 Å². The third-order valence-corrected chi connectivity index (χ3v) is 3.92. The molecule has 0 saturated carbocycles. The van der Waals surface area contributed by atoms with E-state index in [1.165, 1.54) is 16.6 Å². The number of nitrogens with two attached hydrogens (primary N) is 1. The molecule has 3 heteroatoms. The number of hydrogen-bond donors (Lipinski definition) is 1. The van der Waals surface area contributed by atoms with Crippen molar-refractivity contribution in [1.82, 2.24) is 9.55 Å². The largest absolute Gasteiger partial charge is 0.328 e. The second-order valence-electron chi connectivity index (χ2n) is 5.47. The third kappa shape index (κ3) is 2.69. The number of hydrogen-bond acceptors (Lipinski definition) is 2. The molecule has 0 saturated heterocycles. The second kappa shape index (κ2) is 5.70. The molecule has 0 bridgehead atoms. The molecule has 0 aliphatic rings. The molecule has 0 aliphatic heterocycles. The van der Waals surface area contributed by atoms with Crippen LogP contribution in [0.1, 0.15) is 36.8 Å². The maximum atomic E-state index is 5.90. The average molecular weight is 279 g/mol. The van der Waals surface area contributed by atoms with E-state index in [1.54, 1.807) is 0 Å². The van der Waals surface area contributed by atoms with E-state index in [-0.39, 0.29) is 6.04 Å². The van der Waals surface area contributed by atoms with Gasteiger partial charge in [0.1, 0.15) is 5.82 Å². The highest BCUT2D eigenvalue weighted by Gasteiger charge is 2.09. The van der Waals surface area contributed by atoms with Crippen molar-refractivity contribution in [3.63, 3.8) is 0 Å². The summed E-state index contributed by atoms with van der Waals surface area (Å²) in [6.45, 7) is 5.11. The van der Waals surface area contributed by atoms with Crippen LogP contribution in [0.4, 0.5) is 0 Å². The van der Waals surface area contributed by atoms with Crippen molar-refractivity contribution in [2.24, 2.45) is 5.73 Å². The first-order valence-electron chi connectivity index (χ1n) is 7.47. The van der Waals surface area contributed by atoms with E-state index in [1.807, 2.05) is 13.0 Å². The number of benzene rings is 2. The van der Waals surface area contributed by atoms with Gasteiger partial charge in [-0.3, -0.25) is 0 Å². The zero-order chi connectivity index (χ0) is 14.8. The van der Waals surface area contributed by atoms with Gasteiger partial charge in [0.15, 0.2) is 0 Å². The van der Waals surface area contributed by atoms with E-state index in [4.69, 9.17) is 10.7 Å². The van der Waals surface area contributed by atoms with E-state index in [2.05, 4.69) is 54.0 Å². The Morgan fingerprint density at radius 2 is 1.81 bits per heavy atom. The van der Waals surface area contributed by atoms with Gasteiger partial charge >= 0.3 is 0 Å². The van der Waals surface area contributed by atoms with Crippen molar-refractivity contribution in [2.45, 2.75) is 32.9 Å². The van der Waals surface area contributed by atoms with Crippen molar-refractivity contribution in [3.05, 3.63) is 65.5 Å². The van der Waals surface area contributed by atoms with E-state index in [0.717, 1.165) is 24.3 Å². The number of aryl methyl sites for hydroxylation is 1. The molecule has 3 nitrogen and oxygen atoms in total. The smallest absolute Gasteiger partial charge is 0.114 e. The number of rotatable bonds is 4. The van der Waals surface area contributed by atoms with Gasteiger partial charge in [0.2, 0.25) is 0 Å². The number of fused-ring (bicyclic) bond motifs is 1. The van der Waals surface area contributed by atoms with E-state index >= 15 is 0 Å². The van der Waals surface area contributed by atoms with Crippen LogP contribution < -0.4 is 5.73 Å². The van der Waals surface area contributed by atoms with Crippen molar-refractivity contribution >= 4 is 11.0 Å². The Bertz CT molecular complexity index is 739. The molecule has 0 fully saturated rings. The third-order valence-electron chi connectivity index (χ3n) is 3.92. The Kier molecular flexibility index (Phi) is 3.76. The van der Waals surface area contributed by atoms with Gasteiger partial charge in [-0.2, -0.15) is 0 Å². The maximum Gasteiger partial charge on any atom is 0.114 e. The van der Waals surface area contributed by atoms with Crippen molar-refractivity contribution < 1.29 is 0 Å². The monoisotopic (exact) mass is 279 g/mol. The van der Waals surface area contributed by atoms with Gasteiger partial charge < -0.3 is 10.3 Å². The van der Waals surface area contributed by atoms with Crippen LogP contribution in [0.5, 0.6) is 0 Å². The minimum absolute atomic E-state index is 0.0827. The summed E-state index contributed by atoms with van der Waals surface area (Å²) in [4.78, 5) is 4.77. The molecule has 0 spiro atoms. The predicted molar refractivity (Wildman–Crippen MR) is 87.3 cm³/mol. The lowest BCUT2D eigenvalue weighted by molar-refractivity contribution is 0.733. The van der Waals surface area contributed by atoms with Gasteiger partial charge in [-0.25, -0.2) is 4.98 Å². The highest BCUT2D eigenvalue weighted by molar-refractivity contribution is 5.76. The lowest BCUT2D eigenvalue weighted by Crippen LogP contribution is -2.05. The Morgan fingerprint density at radius 3 is 2.48 bits per heavy atom. The van der Waals surface area contributed by atoms with Gasteiger partial charge in [-0.15, -0.1) is 0 Å². The molecule has 1 atom stereocenters. The van der Waals surface area contributed by atoms with Crippen molar-refractivity contribution in [2.75, 3.05) is 0 Å². The molecule has 1 unspecified atom stereocenters. The van der Waals surface area contributed by atoms with Crippen LogP contribution in [0, 0.1) is 0 Å². The van der Waals surface area contributed by atoms with Crippen LogP contribution in [-0.4, -0.2) is 9.55 Å². The fourth-order valence-electron chi connectivity index (χ4n) is 2.73. The molecular weight excluding hydrogens is 258 g/mol. The number of aromatic nitrogens is 2. The van der Waals surface area contributed by atoms with Crippen molar-refractivity contribution in [3.8, 4) is 0 Å². The van der Waals surface area contributed by atoms with Crippen LogP contribution in [-0.2, 0) is 13.0 Å². The van der Waals surface area contributed by atoms with Gasteiger partial charge in [-0.05, 0) is 37.1 Å². The summed E-state index contributed by atoms with van der Waals surface area (Å²) in [6, 6.07) is 16.9. The van der Waals surface area contributed by atoms with Gasteiger partial charge in [0.25, 0.3) is 0 Å². The molecule has 0 aliphatic carbocycles. The Hall–Kier alpha value is -2.13. The minimum atomic E-state index is 0.0827. The Balaban J connectivity index is 1.94. The summed E-state index contributed by atoms with van der Waals surface area (Å²) in [5.74, 6) is 1.12. The van der Waals surface area contributed by atoms with Crippen LogP contribution >= 0.6 is 0 Å². The fourth-order valence-corrected chi connectivity index (χ4v) is 2.73. The average Bonchev–Trinajstić information content (AvgIpc) is 2.84. The lowest BCUT2D eigenvalue weighted by atomic mass is 10.1. The molecule has 108 valence electrons. The lowest BCUT2D eigenvalue weighted by Gasteiger charge is -2.08. The van der Waals surface area contributed by atoms with E-state index in [0.29, 0.717) is 0 Å². The molecule has 1 aromatic heterocycles. The molecule has 2 aromatic carbocycles.